The van der Waals surface area contributed by atoms with E-state index in [2.05, 4.69) is 4.90 Å². The molecule has 2 saturated heterocycles. The molecule has 4 amide bonds. The number of amides is 4. The molecule has 0 aliphatic carbocycles. The quantitative estimate of drug-likeness (QED) is 0.583. The Morgan fingerprint density at radius 3 is 2.17 bits per heavy atom. The molecule has 2 aromatic rings. The Morgan fingerprint density at radius 2 is 1.51 bits per heavy atom. The second kappa shape index (κ2) is 8.76. The van der Waals surface area contributed by atoms with E-state index in [0.29, 0.717) is 35.2 Å². The SMILES string of the molecule is CN1C(=O)N(C)C(=O)C(Cc2c(Cl)cccc2Cl)(CN2CC3C[C@H](C2)Cn2c3cccc2=O)C1=O. The lowest BCUT2D eigenvalue weighted by molar-refractivity contribution is -0.159. The average Bonchev–Trinajstić information content (AvgIpc) is 2.83. The number of halogens is 2. The summed E-state index contributed by atoms with van der Waals surface area (Å²) in [5, 5.41) is 0.729. The van der Waals surface area contributed by atoms with E-state index in [1.807, 2.05) is 10.6 Å². The number of hydrogen-bond acceptors (Lipinski definition) is 5. The van der Waals surface area contributed by atoms with Crippen molar-refractivity contribution in [2.24, 2.45) is 11.3 Å². The monoisotopic (exact) mass is 516 g/mol. The Balaban J connectivity index is 1.54. The third-order valence-electron chi connectivity index (χ3n) is 7.59. The summed E-state index contributed by atoms with van der Waals surface area (Å²) < 4.78 is 1.84. The first-order valence-electron chi connectivity index (χ1n) is 11.6. The van der Waals surface area contributed by atoms with Crippen LogP contribution in [0.2, 0.25) is 10.0 Å². The van der Waals surface area contributed by atoms with E-state index in [9.17, 15) is 19.2 Å². The Kier molecular flexibility index (Phi) is 6.02. The molecule has 4 heterocycles. The normalized spacial score (nSPS) is 24.1. The van der Waals surface area contributed by atoms with Gasteiger partial charge in [-0.15, -0.1) is 0 Å². The fourth-order valence-corrected chi connectivity index (χ4v) is 6.52. The molecule has 2 bridgehead atoms. The van der Waals surface area contributed by atoms with Crippen LogP contribution in [0.5, 0.6) is 0 Å². The Bertz CT molecular complexity index is 1250. The lowest BCUT2D eigenvalue weighted by Gasteiger charge is -2.48. The highest BCUT2D eigenvalue weighted by atomic mass is 35.5. The summed E-state index contributed by atoms with van der Waals surface area (Å²) in [7, 11) is 2.79. The maximum Gasteiger partial charge on any atom is 0.332 e. The molecular formula is C25H26Cl2N4O4. The van der Waals surface area contributed by atoms with Crippen molar-refractivity contribution in [1.82, 2.24) is 19.3 Å². The van der Waals surface area contributed by atoms with E-state index in [1.54, 1.807) is 30.3 Å². The second-order valence-corrected chi connectivity index (χ2v) is 10.7. The van der Waals surface area contributed by atoms with Gasteiger partial charge in [0.2, 0.25) is 11.8 Å². The second-order valence-electron chi connectivity index (χ2n) is 9.86. The van der Waals surface area contributed by atoms with Gasteiger partial charge in [0.1, 0.15) is 5.41 Å². The van der Waals surface area contributed by atoms with Crippen LogP contribution in [0.15, 0.2) is 41.2 Å². The number of carbonyl (C=O) groups is 3. The number of pyridine rings is 1. The van der Waals surface area contributed by atoms with Crippen molar-refractivity contribution in [3.8, 4) is 0 Å². The highest BCUT2D eigenvalue weighted by Gasteiger charge is 2.57. The predicted octanol–water partition coefficient (Wildman–Crippen LogP) is 2.85. The van der Waals surface area contributed by atoms with E-state index >= 15 is 0 Å². The molecule has 8 nitrogen and oxygen atoms in total. The standard InChI is InChI=1S/C25H26Cl2N4O4/c1-28-22(33)25(23(34)29(2)24(28)35,10-17-18(26)5-3-6-19(17)27)14-30-11-15-9-16(13-30)20-7-4-8-21(32)31(20)12-15/h3-8,15-16H,9-14H2,1-2H3/t15-,16?/m1/s1. The van der Waals surface area contributed by atoms with Crippen LogP contribution in [-0.4, -0.2) is 70.8 Å². The van der Waals surface area contributed by atoms with Gasteiger partial charge < -0.3 is 9.47 Å². The highest BCUT2D eigenvalue weighted by Crippen LogP contribution is 2.41. The number of imide groups is 2. The van der Waals surface area contributed by atoms with E-state index < -0.39 is 23.3 Å². The summed E-state index contributed by atoms with van der Waals surface area (Å²) in [4.78, 5) is 56.5. The minimum atomic E-state index is -1.56. The van der Waals surface area contributed by atoms with Crippen LogP contribution in [0.3, 0.4) is 0 Å². The maximum absolute atomic E-state index is 13.7. The van der Waals surface area contributed by atoms with Crippen molar-refractivity contribution in [1.29, 1.82) is 0 Å². The van der Waals surface area contributed by atoms with Crippen LogP contribution in [0.1, 0.15) is 23.6 Å². The number of barbiturate groups is 1. The molecule has 3 aliphatic rings. The zero-order chi connectivity index (χ0) is 25.1. The van der Waals surface area contributed by atoms with Crippen LogP contribution in [0, 0.1) is 11.3 Å². The van der Waals surface area contributed by atoms with Gasteiger partial charge in [-0.05, 0) is 42.5 Å². The number of piperidine rings is 1. The van der Waals surface area contributed by atoms with Crippen molar-refractivity contribution in [3.05, 3.63) is 68.1 Å². The number of benzene rings is 1. The molecule has 1 aromatic carbocycles. The summed E-state index contributed by atoms with van der Waals surface area (Å²) in [6.07, 6.45) is 0.927. The number of carbonyl (C=O) groups excluding carboxylic acids is 3. The van der Waals surface area contributed by atoms with E-state index in [0.717, 1.165) is 21.9 Å². The van der Waals surface area contributed by atoms with Gasteiger partial charge in [-0.2, -0.15) is 0 Å². The Hall–Kier alpha value is -2.68. The Labute approximate surface area is 213 Å². The van der Waals surface area contributed by atoms with E-state index in [-0.39, 0.29) is 30.4 Å². The lowest BCUT2D eigenvalue weighted by atomic mass is 9.75. The number of likely N-dealkylation sites (tertiary alicyclic amines) is 1. The molecular weight excluding hydrogens is 491 g/mol. The van der Waals surface area contributed by atoms with Gasteiger partial charge in [-0.3, -0.25) is 24.2 Å². The van der Waals surface area contributed by atoms with Crippen LogP contribution in [0.4, 0.5) is 4.79 Å². The van der Waals surface area contributed by atoms with Crippen molar-refractivity contribution >= 4 is 41.0 Å². The Morgan fingerprint density at radius 1 is 0.886 bits per heavy atom. The molecule has 0 spiro atoms. The molecule has 0 saturated carbocycles. The number of urea groups is 1. The van der Waals surface area contributed by atoms with Gasteiger partial charge in [0.05, 0.1) is 0 Å². The predicted molar refractivity (Wildman–Crippen MR) is 132 cm³/mol. The highest BCUT2D eigenvalue weighted by molar-refractivity contribution is 6.36. The van der Waals surface area contributed by atoms with Crippen molar-refractivity contribution in [2.75, 3.05) is 33.7 Å². The fraction of sp³-hybridized carbons (Fsp3) is 0.440. The number of fused-ring (bicyclic) bond motifs is 4. The number of hydrogen-bond donors (Lipinski definition) is 0. The molecule has 0 radical (unpaired) electrons. The summed E-state index contributed by atoms with van der Waals surface area (Å²) >= 11 is 12.9. The molecule has 10 heteroatoms. The van der Waals surface area contributed by atoms with Gasteiger partial charge in [0.25, 0.3) is 5.56 Å². The lowest BCUT2D eigenvalue weighted by Crippen LogP contribution is -2.67. The first-order valence-corrected chi connectivity index (χ1v) is 12.3. The van der Waals surface area contributed by atoms with Crippen LogP contribution >= 0.6 is 23.2 Å². The topological polar surface area (TPSA) is 82.9 Å². The molecule has 3 aliphatic heterocycles. The average molecular weight is 517 g/mol. The third-order valence-corrected chi connectivity index (χ3v) is 8.30. The first kappa shape index (κ1) is 24.0. The summed E-state index contributed by atoms with van der Waals surface area (Å²) in [6.45, 7) is 1.96. The number of rotatable bonds is 4. The zero-order valence-corrected chi connectivity index (χ0v) is 21.1. The van der Waals surface area contributed by atoms with Gasteiger partial charge in [-0.1, -0.05) is 35.3 Å². The van der Waals surface area contributed by atoms with Crippen LogP contribution in [-0.2, 0) is 22.6 Å². The molecule has 5 rings (SSSR count). The minimum absolute atomic E-state index is 0.00474. The van der Waals surface area contributed by atoms with Crippen LogP contribution < -0.4 is 5.56 Å². The number of nitrogens with zero attached hydrogens (tertiary/aromatic N) is 4. The molecule has 35 heavy (non-hydrogen) atoms. The third kappa shape index (κ3) is 3.88. The summed E-state index contributed by atoms with van der Waals surface area (Å²) in [5.74, 6) is -0.792. The fourth-order valence-electron chi connectivity index (χ4n) is 5.98. The van der Waals surface area contributed by atoms with E-state index in [4.69, 9.17) is 23.2 Å². The molecule has 1 unspecified atom stereocenters. The molecule has 2 atom stereocenters. The number of aromatic nitrogens is 1. The largest absolute Gasteiger partial charge is 0.332 e. The summed E-state index contributed by atoms with van der Waals surface area (Å²) in [5.41, 5.74) is -0.0846. The molecule has 1 aromatic heterocycles. The van der Waals surface area contributed by atoms with Crippen molar-refractivity contribution < 1.29 is 14.4 Å². The molecule has 2 fully saturated rings. The van der Waals surface area contributed by atoms with Crippen molar-refractivity contribution in [2.45, 2.75) is 25.3 Å². The summed E-state index contributed by atoms with van der Waals surface area (Å²) in [6, 6.07) is 9.72. The minimum Gasteiger partial charge on any atom is -0.312 e. The van der Waals surface area contributed by atoms with Gasteiger partial charge in [-0.25, -0.2) is 4.79 Å². The van der Waals surface area contributed by atoms with Crippen molar-refractivity contribution in [3.63, 3.8) is 0 Å². The van der Waals surface area contributed by atoms with Gasteiger partial charge in [0, 0.05) is 68.0 Å². The maximum atomic E-state index is 13.7. The van der Waals surface area contributed by atoms with Crippen LogP contribution in [0.25, 0.3) is 0 Å². The van der Waals surface area contributed by atoms with Gasteiger partial charge in [0.15, 0.2) is 0 Å². The smallest absolute Gasteiger partial charge is 0.312 e. The zero-order valence-electron chi connectivity index (χ0n) is 19.5. The molecule has 0 N–H and O–H groups in total. The first-order chi connectivity index (χ1) is 16.6. The van der Waals surface area contributed by atoms with Gasteiger partial charge >= 0.3 is 6.03 Å². The van der Waals surface area contributed by atoms with E-state index in [1.165, 1.54) is 14.1 Å². The molecule has 184 valence electrons.